The van der Waals surface area contributed by atoms with Gasteiger partial charge in [0.25, 0.3) is 0 Å². The summed E-state index contributed by atoms with van der Waals surface area (Å²) >= 11 is 0. The Morgan fingerprint density at radius 2 is 1.81 bits per heavy atom. The van der Waals surface area contributed by atoms with E-state index in [9.17, 15) is 5.11 Å². The highest BCUT2D eigenvalue weighted by atomic mass is 28.4. The summed E-state index contributed by atoms with van der Waals surface area (Å²) < 4.78 is 19.6. The molecular formula is C21H42O4Si. The van der Waals surface area contributed by atoms with Gasteiger partial charge in [0.1, 0.15) is 5.60 Å². The third kappa shape index (κ3) is 5.19. The molecule has 0 aromatic heterocycles. The molecule has 0 saturated carbocycles. The summed E-state index contributed by atoms with van der Waals surface area (Å²) in [5, 5.41) is 9.54. The van der Waals surface area contributed by atoms with Gasteiger partial charge in [-0.25, -0.2) is 0 Å². The fourth-order valence-corrected chi connectivity index (χ4v) is 5.11. The number of aliphatic hydroxyl groups is 1. The molecule has 0 aromatic carbocycles. The molecular weight excluding hydrogens is 344 g/mol. The van der Waals surface area contributed by atoms with Crippen LogP contribution in [0.5, 0.6) is 0 Å². The van der Waals surface area contributed by atoms with Gasteiger partial charge in [0.2, 0.25) is 0 Å². The Hall–Kier alpha value is -0.203. The van der Waals surface area contributed by atoms with Gasteiger partial charge < -0.3 is 19.0 Å². The number of rotatable bonds is 7. The van der Waals surface area contributed by atoms with Crippen LogP contribution in [0.15, 0.2) is 11.6 Å². The molecule has 0 aliphatic carbocycles. The average molecular weight is 387 g/mol. The molecule has 1 N–H and O–H groups in total. The molecule has 0 aromatic rings. The number of hydrogen-bond donors (Lipinski definition) is 1. The Kier molecular flexibility index (Phi) is 7.37. The van der Waals surface area contributed by atoms with E-state index in [1.807, 2.05) is 20.8 Å². The van der Waals surface area contributed by atoms with Crippen molar-refractivity contribution in [1.82, 2.24) is 0 Å². The highest BCUT2D eigenvalue weighted by Gasteiger charge is 2.57. The summed E-state index contributed by atoms with van der Waals surface area (Å²) in [7, 11) is -1.94. The summed E-state index contributed by atoms with van der Waals surface area (Å²) in [6, 6.07) is 0. The predicted octanol–water partition coefficient (Wildman–Crippen LogP) is 5.27. The molecule has 0 bridgehead atoms. The Labute approximate surface area is 162 Å². The lowest BCUT2D eigenvalue weighted by atomic mass is 9.83. The maximum atomic E-state index is 9.40. The molecule has 4 atom stereocenters. The Bertz CT molecular complexity index is 507. The van der Waals surface area contributed by atoms with E-state index in [2.05, 4.69) is 60.7 Å². The first kappa shape index (κ1) is 23.8. The van der Waals surface area contributed by atoms with E-state index in [4.69, 9.17) is 13.9 Å². The minimum Gasteiger partial charge on any atom is -0.411 e. The van der Waals surface area contributed by atoms with Crippen LogP contribution < -0.4 is 0 Å². The molecule has 0 radical (unpaired) electrons. The third-order valence-electron chi connectivity index (χ3n) is 5.97. The van der Waals surface area contributed by atoms with Crippen molar-refractivity contribution in [2.75, 3.05) is 6.61 Å². The van der Waals surface area contributed by atoms with Gasteiger partial charge >= 0.3 is 0 Å². The molecule has 4 unspecified atom stereocenters. The normalized spacial score (nSPS) is 29.7. The third-order valence-corrected chi connectivity index (χ3v) is 10.5. The zero-order valence-electron chi connectivity index (χ0n) is 18.9. The maximum Gasteiger partial charge on any atom is 0.192 e. The molecule has 154 valence electrons. The van der Waals surface area contributed by atoms with E-state index in [0.717, 1.165) is 12.0 Å². The van der Waals surface area contributed by atoms with Crippen LogP contribution >= 0.6 is 0 Å². The Morgan fingerprint density at radius 3 is 2.23 bits per heavy atom. The van der Waals surface area contributed by atoms with Gasteiger partial charge in [-0.2, -0.15) is 0 Å². The van der Waals surface area contributed by atoms with Crippen molar-refractivity contribution in [3.05, 3.63) is 11.6 Å². The van der Waals surface area contributed by atoms with Crippen LogP contribution in [0.1, 0.15) is 68.7 Å². The van der Waals surface area contributed by atoms with Gasteiger partial charge in [0.15, 0.2) is 14.1 Å². The number of aliphatic hydroxyl groups excluding tert-OH is 1. The predicted molar refractivity (Wildman–Crippen MR) is 111 cm³/mol. The van der Waals surface area contributed by atoms with Gasteiger partial charge in [0.05, 0.1) is 18.8 Å². The first-order valence-corrected chi connectivity index (χ1v) is 12.8. The van der Waals surface area contributed by atoms with E-state index in [-0.39, 0.29) is 29.8 Å². The summed E-state index contributed by atoms with van der Waals surface area (Å²) in [4.78, 5) is 0. The van der Waals surface area contributed by atoms with Gasteiger partial charge in [-0.15, -0.1) is 0 Å². The first-order valence-electron chi connectivity index (χ1n) is 9.93. The minimum atomic E-state index is -1.94. The van der Waals surface area contributed by atoms with Crippen molar-refractivity contribution < 1.29 is 19.0 Å². The van der Waals surface area contributed by atoms with Gasteiger partial charge in [-0.3, -0.25) is 0 Å². The minimum absolute atomic E-state index is 0.0413. The molecule has 1 heterocycles. The molecule has 0 spiro atoms. The summed E-state index contributed by atoms with van der Waals surface area (Å²) in [6.07, 6.45) is 2.79. The second-order valence-electron chi connectivity index (χ2n) is 10.0. The molecule has 0 amide bonds. The molecule has 26 heavy (non-hydrogen) atoms. The van der Waals surface area contributed by atoms with Crippen molar-refractivity contribution in [3.8, 4) is 0 Å². The molecule has 1 fully saturated rings. The molecule has 4 nitrogen and oxygen atoms in total. The standard InChI is InChI=1S/C21H42O4Si/c1-12-17(24-26(10,11)19(4,5)6)21(9)18(23-20(7,8)25-21)16(3)13-15(2)14-22/h13,16-18,22H,12,14H2,1-11H3. The number of hydrogen-bond acceptors (Lipinski definition) is 4. The Balaban J connectivity index is 3.24. The topological polar surface area (TPSA) is 47.9 Å². The van der Waals surface area contributed by atoms with E-state index in [1.165, 1.54) is 0 Å². The largest absolute Gasteiger partial charge is 0.411 e. The SMILES string of the molecule is CCC(O[Si](C)(C)C(C)(C)C)C1(C)OC(C)(C)OC1C(C)C=C(C)CO. The number of ether oxygens (including phenoxy) is 2. The van der Waals surface area contributed by atoms with Crippen LogP contribution in [0.3, 0.4) is 0 Å². The zero-order valence-corrected chi connectivity index (χ0v) is 19.9. The lowest BCUT2D eigenvalue weighted by Crippen LogP contribution is -2.56. The monoisotopic (exact) mass is 386 g/mol. The summed E-state index contributed by atoms with van der Waals surface area (Å²) in [5.41, 5.74) is 0.408. The van der Waals surface area contributed by atoms with Crippen LogP contribution in [0.4, 0.5) is 0 Å². The van der Waals surface area contributed by atoms with Gasteiger partial charge in [-0.1, -0.05) is 46.3 Å². The fraction of sp³-hybridized carbons (Fsp3) is 0.905. The fourth-order valence-electron chi connectivity index (χ4n) is 3.64. The highest BCUT2D eigenvalue weighted by molar-refractivity contribution is 6.74. The first-order chi connectivity index (χ1) is 11.6. The molecule has 1 aliphatic rings. The van der Waals surface area contributed by atoms with Crippen LogP contribution in [-0.4, -0.2) is 43.6 Å². The summed E-state index contributed by atoms with van der Waals surface area (Å²) in [5.74, 6) is -0.537. The van der Waals surface area contributed by atoms with Crippen molar-refractivity contribution in [2.45, 2.75) is 110 Å². The quantitative estimate of drug-likeness (QED) is 0.478. The van der Waals surface area contributed by atoms with Crippen LogP contribution in [0.25, 0.3) is 0 Å². The van der Waals surface area contributed by atoms with E-state index < -0.39 is 19.7 Å². The molecule has 1 saturated heterocycles. The van der Waals surface area contributed by atoms with Crippen molar-refractivity contribution >= 4 is 8.32 Å². The second-order valence-corrected chi connectivity index (χ2v) is 14.8. The van der Waals surface area contributed by atoms with Crippen molar-refractivity contribution in [1.29, 1.82) is 0 Å². The smallest absolute Gasteiger partial charge is 0.192 e. The van der Waals surface area contributed by atoms with E-state index in [0.29, 0.717) is 0 Å². The summed E-state index contributed by atoms with van der Waals surface area (Å²) in [6.45, 7) is 23.7. The average Bonchev–Trinajstić information content (AvgIpc) is 2.73. The molecule has 1 aliphatic heterocycles. The lowest BCUT2D eigenvalue weighted by Gasteiger charge is -2.45. The van der Waals surface area contributed by atoms with Crippen LogP contribution in [0, 0.1) is 5.92 Å². The lowest BCUT2D eigenvalue weighted by molar-refractivity contribution is -0.177. The zero-order chi connectivity index (χ0) is 20.6. The maximum absolute atomic E-state index is 9.40. The van der Waals surface area contributed by atoms with E-state index in [1.54, 1.807) is 0 Å². The van der Waals surface area contributed by atoms with Crippen molar-refractivity contribution in [2.24, 2.45) is 5.92 Å². The second kappa shape index (κ2) is 8.04. The van der Waals surface area contributed by atoms with Crippen LogP contribution in [-0.2, 0) is 13.9 Å². The Morgan fingerprint density at radius 1 is 1.27 bits per heavy atom. The van der Waals surface area contributed by atoms with Gasteiger partial charge in [-0.05, 0) is 52.2 Å². The van der Waals surface area contributed by atoms with E-state index >= 15 is 0 Å². The molecule has 5 heteroatoms. The van der Waals surface area contributed by atoms with Gasteiger partial charge in [0, 0.05) is 5.92 Å². The molecule has 1 rings (SSSR count). The van der Waals surface area contributed by atoms with Crippen LogP contribution in [0.2, 0.25) is 18.1 Å². The highest BCUT2D eigenvalue weighted by Crippen LogP contribution is 2.46. The van der Waals surface area contributed by atoms with Crippen molar-refractivity contribution in [3.63, 3.8) is 0 Å².